The van der Waals surface area contributed by atoms with E-state index in [4.69, 9.17) is 9.52 Å². The summed E-state index contributed by atoms with van der Waals surface area (Å²) in [6.07, 6.45) is 3.93. The van der Waals surface area contributed by atoms with Crippen molar-refractivity contribution in [3.05, 3.63) is 17.3 Å². The molecule has 17 heavy (non-hydrogen) atoms. The van der Waals surface area contributed by atoms with E-state index in [1.54, 1.807) is 0 Å². The molecule has 1 N–H and O–H groups in total. The molecule has 1 heterocycles. The van der Waals surface area contributed by atoms with E-state index < -0.39 is 5.97 Å². The second kappa shape index (κ2) is 4.17. The monoisotopic (exact) mass is 237 g/mol. The van der Waals surface area contributed by atoms with E-state index in [0.29, 0.717) is 18.0 Å². The van der Waals surface area contributed by atoms with E-state index in [1.165, 1.54) is 0 Å². The first-order valence-corrected chi connectivity index (χ1v) is 6.18. The van der Waals surface area contributed by atoms with Crippen LogP contribution in [-0.2, 0) is 6.42 Å². The van der Waals surface area contributed by atoms with Gasteiger partial charge in [-0.15, -0.1) is 0 Å². The highest BCUT2D eigenvalue weighted by atomic mass is 16.4. The first-order valence-electron chi connectivity index (χ1n) is 6.18. The molecule has 0 radical (unpaired) electrons. The fraction of sp³-hybridized carbons (Fsp3) is 0.692. The molecule has 4 heteroatoms. The van der Waals surface area contributed by atoms with Crippen molar-refractivity contribution in [3.8, 4) is 0 Å². The molecule has 0 amide bonds. The van der Waals surface area contributed by atoms with Crippen molar-refractivity contribution in [1.29, 1.82) is 0 Å². The number of aryl methyl sites for hydroxylation is 1. The molecular weight excluding hydrogens is 218 g/mol. The van der Waals surface area contributed by atoms with Gasteiger partial charge in [-0.3, -0.25) is 0 Å². The Labute approximate surface area is 101 Å². The van der Waals surface area contributed by atoms with Crippen molar-refractivity contribution in [2.24, 2.45) is 5.41 Å². The summed E-state index contributed by atoms with van der Waals surface area (Å²) in [7, 11) is 0. The van der Waals surface area contributed by atoms with Crippen molar-refractivity contribution in [1.82, 2.24) is 4.98 Å². The lowest BCUT2D eigenvalue weighted by atomic mass is 9.82. The molecular formula is C13H19NO3. The van der Waals surface area contributed by atoms with Gasteiger partial charge >= 0.3 is 5.97 Å². The molecule has 1 unspecified atom stereocenters. The first kappa shape index (κ1) is 12.1. The molecule has 4 nitrogen and oxygen atoms in total. The number of hydrogen-bond acceptors (Lipinski definition) is 3. The quantitative estimate of drug-likeness (QED) is 0.876. The second-order valence-electron chi connectivity index (χ2n) is 5.42. The Morgan fingerprint density at radius 3 is 2.71 bits per heavy atom. The van der Waals surface area contributed by atoms with Crippen LogP contribution in [0.5, 0.6) is 0 Å². The molecule has 94 valence electrons. The van der Waals surface area contributed by atoms with Crippen LogP contribution in [0.15, 0.2) is 4.42 Å². The summed E-state index contributed by atoms with van der Waals surface area (Å²) < 4.78 is 5.48. The van der Waals surface area contributed by atoms with Crippen LogP contribution in [0.3, 0.4) is 0 Å². The van der Waals surface area contributed by atoms with Gasteiger partial charge in [-0.1, -0.05) is 27.2 Å². The molecule has 1 saturated carbocycles. The minimum atomic E-state index is -1.02. The van der Waals surface area contributed by atoms with Gasteiger partial charge in [0.15, 0.2) is 5.89 Å². The van der Waals surface area contributed by atoms with Crippen LogP contribution in [0.25, 0.3) is 0 Å². The van der Waals surface area contributed by atoms with E-state index >= 15 is 0 Å². The Morgan fingerprint density at radius 1 is 1.59 bits per heavy atom. The van der Waals surface area contributed by atoms with Gasteiger partial charge in [-0.2, -0.15) is 0 Å². The Balaban J connectivity index is 2.37. The normalized spacial score (nSPS) is 22.9. The summed E-state index contributed by atoms with van der Waals surface area (Å²) in [5, 5.41) is 9.05. The smallest absolute Gasteiger partial charge is 0.373 e. The minimum absolute atomic E-state index is 0.0187. The number of carboxylic acids is 1. The van der Waals surface area contributed by atoms with Crippen LogP contribution in [0.2, 0.25) is 0 Å². The number of aromatic carboxylic acids is 1. The zero-order valence-electron chi connectivity index (χ0n) is 10.6. The number of aromatic nitrogens is 1. The predicted octanol–water partition coefficient (Wildman–Crippen LogP) is 3.23. The number of hydrogen-bond donors (Lipinski definition) is 1. The highest BCUT2D eigenvalue weighted by Gasteiger charge is 2.39. The van der Waals surface area contributed by atoms with Crippen LogP contribution in [0.4, 0.5) is 0 Å². The third-order valence-corrected chi connectivity index (χ3v) is 3.80. The van der Waals surface area contributed by atoms with Crippen LogP contribution in [0, 0.1) is 5.41 Å². The highest BCUT2D eigenvalue weighted by molar-refractivity contribution is 5.85. The van der Waals surface area contributed by atoms with Crippen LogP contribution in [-0.4, -0.2) is 16.1 Å². The second-order valence-corrected chi connectivity index (χ2v) is 5.42. The molecule has 0 aromatic carbocycles. The minimum Gasteiger partial charge on any atom is -0.475 e. The van der Waals surface area contributed by atoms with Gasteiger partial charge in [0.2, 0.25) is 5.76 Å². The number of oxazole rings is 1. The van der Waals surface area contributed by atoms with E-state index in [1.807, 2.05) is 6.92 Å². The van der Waals surface area contributed by atoms with Crippen molar-refractivity contribution in [2.45, 2.75) is 52.4 Å². The lowest BCUT2D eigenvalue weighted by molar-refractivity contribution is 0.0656. The van der Waals surface area contributed by atoms with Gasteiger partial charge in [0, 0.05) is 5.92 Å². The van der Waals surface area contributed by atoms with Gasteiger partial charge < -0.3 is 9.52 Å². The Bertz CT molecular complexity index is 434. The average molecular weight is 237 g/mol. The zero-order chi connectivity index (χ0) is 12.6. The Hall–Kier alpha value is -1.32. The largest absolute Gasteiger partial charge is 0.475 e. The maximum atomic E-state index is 11.0. The van der Waals surface area contributed by atoms with Crippen molar-refractivity contribution in [2.75, 3.05) is 0 Å². The van der Waals surface area contributed by atoms with E-state index in [0.717, 1.165) is 19.3 Å². The zero-order valence-corrected chi connectivity index (χ0v) is 10.6. The predicted molar refractivity (Wildman–Crippen MR) is 63.2 cm³/mol. The fourth-order valence-corrected chi connectivity index (χ4v) is 2.71. The number of carbonyl (C=O) groups is 1. The summed E-state index contributed by atoms with van der Waals surface area (Å²) in [5.74, 6) is -0.135. The van der Waals surface area contributed by atoms with E-state index in [-0.39, 0.29) is 17.1 Å². The molecule has 1 atom stereocenters. The molecule has 0 aliphatic heterocycles. The molecule has 1 fully saturated rings. The maximum absolute atomic E-state index is 11.0. The number of rotatable bonds is 3. The summed E-state index contributed by atoms with van der Waals surface area (Å²) >= 11 is 0. The van der Waals surface area contributed by atoms with Crippen LogP contribution >= 0.6 is 0 Å². The summed E-state index contributed by atoms with van der Waals surface area (Å²) in [6, 6.07) is 0. The number of carboxylic acid groups (broad SMARTS) is 1. The summed E-state index contributed by atoms with van der Waals surface area (Å²) in [6.45, 7) is 6.29. The SMILES string of the molecule is CCc1nc(C2CCCC2(C)C)oc1C(=O)O. The molecule has 1 aliphatic carbocycles. The lowest BCUT2D eigenvalue weighted by Crippen LogP contribution is -2.15. The topological polar surface area (TPSA) is 63.3 Å². The van der Waals surface area contributed by atoms with E-state index in [2.05, 4.69) is 18.8 Å². The Morgan fingerprint density at radius 2 is 2.29 bits per heavy atom. The molecule has 1 aliphatic rings. The highest BCUT2D eigenvalue weighted by Crippen LogP contribution is 2.48. The molecule has 0 bridgehead atoms. The molecule has 0 saturated heterocycles. The van der Waals surface area contributed by atoms with Gasteiger partial charge in [0.1, 0.15) is 0 Å². The van der Waals surface area contributed by atoms with Gasteiger partial charge in [-0.25, -0.2) is 9.78 Å². The van der Waals surface area contributed by atoms with Crippen molar-refractivity contribution >= 4 is 5.97 Å². The summed E-state index contributed by atoms with van der Waals surface area (Å²) in [4.78, 5) is 15.4. The third kappa shape index (κ3) is 2.08. The first-order chi connectivity index (χ1) is 7.95. The maximum Gasteiger partial charge on any atom is 0.373 e. The molecule has 2 rings (SSSR count). The molecule has 1 aromatic rings. The number of nitrogens with zero attached hydrogens (tertiary/aromatic N) is 1. The van der Waals surface area contributed by atoms with E-state index in [9.17, 15) is 4.79 Å². The average Bonchev–Trinajstić information content (AvgIpc) is 2.80. The van der Waals surface area contributed by atoms with Gasteiger partial charge in [-0.05, 0) is 24.7 Å². The van der Waals surface area contributed by atoms with Gasteiger partial charge in [0.25, 0.3) is 0 Å². The van der Waals surface area contributed by atoms with Crippen molar-refractivity contribution in [3.63, 3.8) is 0 Å². The summed E-state index contributed by atoms with van der Waals surface area (Å²) in [5.41, 5.74) is 0.723. The lowest BCUT2D eigenvalue weighted by Gasteiger charge is -2.23. The Kier molecular flexibility index (Phi) is 2.98. The van der Waals surface area contributed by atoms with Gasteiger partial charge in [0.05, 0.1) is 5.69 Å². The standard InChI is InChI=1S/C13H19NO3/c1-4-9-10(12(15)16)17-11(14-9)8-6-5-7-13(8,2)3/h8H,4-7H2,1-3H3,(H,15,16). The molecule has 1 aromatic heterocycles. The van der Waals surface area contributed by atoms with Crippen LogP contribution < -0.4 is 0 Å². The van der Waals surface area contributed by atoms with Crippen molar-refractivity contribution < 1.29 is 14.3 Å². The van der Waals surface area contributed by atoms with Crippen LogP contribution in [0.1, 0.15) is 68.1 Å². The fourth-order valence-electron chi connectivity index (χ4n) is 2.71. The molecule has 0 spiro atoms. The third-order valence-electron chi connectivity index (χ3n) is 3.80.